The van der Waals surface area contributed by atoms with Gasteiger partial charge in [-0.25, -0.2) is 8.78 Å². The Morgan fingerprint density at radius 3 is 2.61 bits per heavy atom. The minimum Gasteiger partial charge on any atom is -0.487 e. The summed E-state index contributed by atoms with van der Waals surface area (Å²) in [5.41, 5.74) is 7.64. The van der Waals surface area contributed by atoms with E-state index in [4.69, 9.17) is 10.5 Å². The van der Waals surface area contributed by atoms with Gasteiger partial charge in [-0.05, 0) is 58.2 Å². The monoisotopic (exact) mass is 448 g/mol. The smallest absolute Gasteiger partial charge is 0.268 e. The zero-order chi connectivity index (χ0) is 20.1. The van der Waals surface area contributed by atoms with E-state index in [2.05, 4.69) is 15.9 Å². The normalized spacial score (nSPS) is 10.9. The third-order valence-corrected chi connectivity index (χ3v) is 4.98. The van der Waals surface area contributed by atoms with Gasteiger partial charge in [0.05, 0.1) is 6.54 Å². The quantitative estimate of drug-likeness (QED) is 0.593. The van der Waals surface area contributed by atoms with Crippen LogP contribution in [0.4, 0.5) is 8.78 Å². The van der Waals surface area contributed by atoms with E-state index in [1.54, 1.807) is 16.8 Å². The van der Waals surface area contributed by atoms with Crippen LogP contribution in [0, 0.1) is 11.6 Å². The molecule has 0 amide bonds. The number of rotatable bonds is 7. The van der Waals surface area contributed by atoms with E-state index in [1.807, 2.05) is 24.3 Å². The van der Waals surface area contributed by atoms with Gasteiger partial charge in [0.25, 0.3) is 5.56 Å². The van der Waals surface area contributed by atoms with Crippen LogP contribution in [0.5, 0.6) is 5.75 Å². The number of nitrogens with two attached hydrogens (primary N) is 1. The Morgan fingerprint density at radius 1 is 1.07 bits per heavy atom. The van der Waals surface area contributed by atoms with E-state index >= 15 is 0 Å². The van der Waals surface area contributed by atoms with E-state index in [0.29, 0.717) is 18.8 Å². The number of hydrogen-bond donors (Lipinski definition) is 1. The molecule has 3 aromatic rings. The lowest BCUT2D eigenvalue weighted by Crippen LogP contribution is -2.21. The van der Waals surface area contributed by atoms with Crippen LogP contribution in [-0.4, -0.2) is 11.1 Å². The van der Waals surface area contributed by atoms with Crippen LogP contribution in [0.1, 0.15) is 16.7 Å². The minimum atomic E-state index is -0.693. The van der Waals surface area contributed by atoms with Crippen LogP contribution in [-0.2, 0) is 19.6 Å². The molecule has 1 heterocycles. The molecular formula is C21H19BrF2N2O2. The fourth-order valence-electron chi connectivity index (χ4n) is 2.81. The molecule has 0 saturated heterocycles. The van der Waals surface area contributed by atoms with Crippen molar-refractivity contribution in [1.29, 1.82) is 0 Å². The van der Waals surface area contributed by atoms with Crippen molar-refractivity contribution in [2.45, 2.75) is 19.6 Å². The molecule has 0 unspecified atom stereocenters. The summed E-state index contributed by atoms with van der Waals surface area (Å²) in [6.45, 7) is 0.855. The SMILES string of the molecule is NCCc1cccc(Cn2ccc(OCc3ccc(F)cc3F)c(Br)c2=O)c1. The molecule has 0 bridgehead atoms. The Morgan fingerprint density at radius 2 is 1.86 bits per heavy atom. The predicted octanol–water partition coefficient (Wildman–Crippen LogP) is 4.02. The van der Waals surface area contributed by atoms with Gasteiger partial charge in [0.1, 0.15) is 28.5 Å². The highest BCUT2D eigenvalue weighted by atomic mass is 79.9. The van der Waals surface area contributed by atoms with Gasteiger partial charge < -0.3 is 15.0 Å². The predicted molar refractivity (Wildman–Crippen MR) is 107 cm³/mol. The zero-order valence-electron chi connectivity index (χ0n) is 15.0. The summed E-state index contributed by atoms with van der Waals surface area (Å²) in [5, 5.41) is 0. The van der Waals surface area contributed by atoms with Crippen LogP contribution in [0.3, 0.4) is 0 Å². The summed E-state index contributed by atoms with van der Waals surface area (Å²) < 4.78 is 34.0. The van der Waals surface area contributed by atoms with Crippen LogP contribution in [0.25, 0.3) is 0 Å². The molecule has 0 fully saturated rings. The van der Waals surface area contributed by atoms with Gasteiger partial charge in [0.15, 0.2) is 0 Å². The van der Waals surface area contributed by atoms with Gasteiger partial charge in [0, 0.05) is 17.8 Å². The average molecular weight is 449 g/mol. The molecule has 0 aliphatic rings. The molecule has 0 spiro atoms. The van der Waals surface area contributed by atoms with Gasteiger partial charge in [-0.3, -0.25) is 4.79 Å². The van der Waals surface area contributed by atoms with Crippen molar-refractivity contribution in [3.63, 3.8) is 0 Å². The first-order valence-electron chi connectivity index (χ1n) is 8.71. The van der Waals surface area contributed by atoms with Crippen molar-refractivity contribution in [2.75, 3.05) is 6.54 Å². The molecular weight excluding hydrogens is 430 g/mol. The molecule has 0 aliphatic heterocycles. The molecule has 28 heavy (non-hydrogen) atoms. The Bertz CT molecular complexity index is 1040. The first-order chi connectivity index (χ1) is 13.5. The van der Waals surface area contributed by atoms with E-state index in [0.717, 1.165) is 29.7 Å². The van der Waals surface area contributed by atoms with Crippen LogP contribution < -0.4 is 16.0 Å². The molecule has 146 valence electrons. The second-order valence-corrected chi connectivity index (χ2v) is 7.10. The topological polar surface area (TPSA) is 57.2 Å². The van der Waals surface area contributed by atoms with E-state index in [1.165, 1.54) is 6.07 Å². The lowest BCUT2D eigenvalue weighted by molar-refractivity contribution is 0.296. The number of aromatic nitrogens is 1. The maximum Gasteiger partial charge on any atom is 0.268 e. The first-order valence-corrected chi connectivity index (χ1v) is 9.51. The van der Waals surface area contributed by atoms with Crippen molar-refractivity contribution in [3.05, 3.63) is 97.9 Å². The molecule has 0 saturated carbocycles. The highest BCUT2D eigenvalue weighted by molar-refractivity contribution is 9.10. The molecule has 0 aliphatic carbocycles. The number of halogens is 3. The summed E-state index contributed by atoms with van der Waals surface area (Å²) in [6.07, 6.45) is 2.40. The van der Waals surface area contributed by atoms with Crippen molar-refractivity contribution in [2.24, 2.45) is 5.73 Å². The lowest BCUT2D eigenvalue weighted by Gasteiger charge is -2.12. The van der Waals surface area contributed by atoms with E-state index in [-0.39, 0.29) is 22.2 Å². The molecule has 2 N–H and O–H groups in total. The van der Waals surface area contributed by atoms with Crippen molar-refractivity contribution in [1.82, 2.24) is 4.57 Å². The maximum atomic E-state index is 13.7. The van der Waals surface area contributed by atoms with E-state index in [9.17, 15) is 13.6 Å². The van der Waals surface area contributed by atoms with Gasteiger partial charge in [0.2, 0.25) is 0 Å². The van der Waals surface area contributed by atoms with Gasteiger partial charge >= 0.3 is 0 Å². The summed E-state index contributed by atoms with van der Waals surface area (Å²) in [5.74, 6) is -1.05. The second-order valence-electron chi connectivity index (χ2n) is 6.31. The lowest BCUT2D eigenvalue weighted by atomic mass is 10.1. The van der Waals surface area contributed by atoms with Crippen molar-refractivity contribution < 1.29 is 13.5 Å². The first kappa shape index (κ1) is 20.2. The summed E-state index contributed by atoms with van der Waals surface area (Å²) in [6, 6.07) is 12.8. The van der Waals surface area contributed by atoms with Crippen LogP contribution in [0.15, 0.2) is 64.0 Å². The summed E-state index contributed by atoms with van der Waals surface area (Å²) >= 11 is 3.26. The molecule has 2 aromatic carbocycles. The van der Waals surface area contributed by atoms with Gasteiger partial charge in [-0.15, -0.1) is 0 Å². The van der Waals surface area contributed by atoms with Crippen molar-refractivity contribution in [3.8, 4) is 5.75 Å². The Labute approximate surface area is 169 Å². The van der Waals surface area contributed by atoms with Crippen LogP contribution in [0.2, 0.25) is 0 Å². The fraction of sp³-hybridized carbons (Fsp3) is 0.190. The second kappa shape index (κ2) is 9.12. The number of nitrogens with zero attached hydrogens (tertiary/aromatic N) is 1. The third kappa shape index (κ3) is 4.85. The van der Waals surface area contributed by atoms with E-state index < -0.39 is 11.6 Å². The van der Waals surface area contributed by atoms with Crippen molar-refractivity contribution >= 4 is 15.9 Å². The average Bonchev–Trinajstić information content (AvgIpc) is 2.67. The number of benzene rings is 2. The molecule has 0 radical (unpaired) electrons. The third-order valence-electron chi connectivity index (χ3n) is 4.25. The Kier molecular flexibility index (Phi) is 6.59. The zero-order valence-corrected chi connectivity index (χ0v) is 16.6. The number of hydrogen-bond acceptors (Lipinski definition) is 3. The fourth-order valence-corrected chi connectivity index (χ4v) is 3.28. The molecule has 3 rings (SSSR count). The van der Waals surface area contributed by atoms with Gasteiger partial charge in [-0.2, -0.15) is 0 Å². The molecule has 1 aromatic heterocycles. The maximum absolute atomic E-state index is 13.7. The van der Waals surface area contributed by atoms with Gasteiger partial charge in [-0.1, -0.05) is 24.3 Å². The number of ether oxygens (including phenoxy) is 1. The van der Waals surface area contributed by atoms with Crippen LogP contribution >= 0.6 is 15.9 Å². The Balaban J connectivity index is 1.75. The minimum absolute atomic E-state index is 0.116. The molecule has 0 atom stereocenters. The standard InChI is InChI=1S/C21H19BrF2N2O2/c22-20-19(28-13-16-4-5-17(23)11-18(16)24)7-9-26(21(20)27)12-15-3-1-2-14(10-15)6-8-25/h1-5,7,9-11H,6,8,12-13,25H2. The number of pyridine rings is 1. The largest absolute Gasteiger partial charge is 0.487 e. The summed E-state index contributed by atoms with van der Waals surface area (Å²) in [4.78, 5) is 12.6. The Hall–Kier alpha value is -2.51. The highest BCUT2D eigenvalue weighted by Gasteiger charge is 2.11. The summed E-state index contributed by atoms with van der Waals surface area (Å²) in [7, 11) is 0. The molecule has 4 nitrogen and oxygen atoms in total. The molecule has 7 heteroatoms. The highest BCUT2D eigenvalue weighted by Crippen LogP contribution is 2.22.